The molecule has 0 spiro atoms. The summed E-state index contributed by atoms with van der Waals surface area (Å²) in [5.41, 5.74) is 5.32. The molecule has 0 saturated heterocycles. The molecule has 32 heavy (non-hydrogen) atoms. The fourth-order valence-electron chi connectivity index (χ4n) is 3.46. The molecule has 0 saturated carbocycles. The van der Waals surface area contributed by atoms with E-state index in [-0.39, 0.29) is 12.3 Å². The zero-order valence-corrected chi connectivity index (χ0v) is 18.2. The van der Waals surface area contributed by atoms with E-state index in [1.165, 1.54) is 4.88 Å². The van der Waals surface area contributed by atoms with E-state index < -0.39 is 5.91 Å². The number of fused-ring (bicyclic) bond motifs is 1. The second-order valence-electron chi connectivity index (χ2n) is 7.47. The van der Waals surface area contributed by atoms with Gasteiger partial charge in [-0.2, -0.15) is 5.10 Å². The monoisotopic (exact) mass is 452 g/mol. The minimum atomic E-state index is -0.411. The lowest BCUT2D eigenvalue weighted by molar-refractivity contribution is -0.129. The highest BCUT2D eigenvalue weighted by Gasteiger charge is 2.10. The molecule has 0 radical (unpaired) electrons. The van der Waals surface area contributed by atoms with E-state index in [9.17, 15) is 9.59 Å². The summed E-state index contributed by atoms with van der Waals surface area (Å²) in [5, 5.41) is 20.5. The largest absolute Gasteiger partial charge is 0.325 e. The average molecular weight is 453 g/mol. The maximum absolute atomic E-state index is 12.2. The number of amides is 2. The van der Waals surface area contributed by atoms with Gasteiger partial charge >= 0.3 is 0 Å². The number of hydrogen-bond donors (Lipinski definition) is 4. The maximum atomic E-state index is 12.2. The van der Waals surface area contributed by atoms with Crippen LogP contribution < -0.4 is 10.8 Å². The number of anilines is 1. The van der Waals surface area contributed by atoms with E-state index in [0.717, 1.165) is 35.3 Å². The zero-order valence-electron chi connectivity index (χ0n) is 17.4. The molecule has 0 unspecified atom stereocenters. The summed E-state index contributed by atoms with van der Waals surface area (Å²) in [6, 6.07) is 12.0. The molecule has 0 aliphatic heterocycles. The van der Waals surface area contributed by atoms with Gasteiger partial charge in [0.15, 0.2) is 5.82 Å². The van der Waals surface area contributed by atoms with Crippen molar-refractivity contribution in [3.63, 3.8) is 0 Å². The van der Waals surface area contributed by atoms with Crippen LogP contribution in [-0.2, 0) is 16.1 Å². The molecule has 4 N–H and O–H groups in total. The third kappa shape index (κ3) is 5.40. The molecular formula is C22H24N6O3S. The Morgan fingerprint density at radius 2 is 1.94 bits per heavy atom. The van der Waals surface area contributed by atoms with Crippen molar-refractivity contribution in [1.82, 2.24) is 25.2 Å². The highest BCUT2D eigenvalue weighted by molar-refractivity contribution is 7.09. The Hall–Kier alpha value is -3.50. The number of hydroxylamine groups is 1. The van der Waals surface area contributed by atoms with Gasteiger partial charge in [0.25, 0.3) is 0 Å². The van der Waals surface area contributed by atoms with Crippen LogP contribution in [0, 0.1) is 0 Å². The average Bonchev–Trinajstić information content (AvgIpc) is 3.55. The molecular weight excluding hydrogens is 428 g/mol. The number of carbonyl (C=O) groups excluding carboxylic acids is 2. The fraction of sp³-hybridized carbons (Fsp3) is 0.273. The van der Waals surface area contributed by atoms with E-state index in [0.29, 0.717) is 25.1 Å². The fourth-order valence-corrected chi connectivity index (χ4v) is 4.17. The van der Waals surface area contributed by atoms with Crippen LogP contribution in [-0.4, -0.2) is 36.8 Å². The number of hydrogen-bond acceptors (Lipinski definition) is 6. The van der Waals surface area contributed by atoms with Gasteiger partial charge in [0.1, 0.15) is 0 Å². The van der Waals surface area contributed by atoms with E-state index in [2.05, 4.69) is 42.6 Å². The summed E-state index contributed by atoms with van der Waals surface area (Å²) < 4.78 is 2.12. The van der Waals surface area contributed by atoms with Gasteiger partial charge in [0.05, 0.1) is 29.6 Å². The quantitative estimate of drug-likeness (QED) is 0.165. The number of imidazole rings is 1. The highest BCUT2D eigenvalue weighted by atomic mass is 32.1. The van der Waals surface area contributed by atoms with E-state index >= 15 is 0 Å². The van der Waals surface area contributed by atoms with Crippen LogP contribution in [0.25, 0.3) is 22.3 Å². The van der Waals surface area contributed by atoms with Crippen LogP contribution in [0.3, 0.4) is 0 Å². The van der Waals surface area contributed by atoms with Crippen molar-refractivity contribution in [3.8, 4) is 11.3 Å². The Balaban J connectivity index is 1.35. The Bertz CT molecular complexity index is 1200. The maximum Gasteiger partial charge on any atom is 0.243 e. The molecule has 9 nitrogen and oxygen atoms in total. The van der Waals surface area contributed by atoms with Crippen LogP contribution in [0.4, 0.5) is 5.82 Å². The van der Waals surface area contributed by atoms with Crippen LogP contribution in [0.1, 0.15) is 37.0 Å². The summed E-state index contributed by atoms with van der Waals surface area (Å²) in [6.45, 7) is 0.770. The van der Waals surface area contributed by atoms with Crippen molar-refractivity contribution >= 4 is 40.0 Å². The molecule has 0 aliphatic carbocycles. The highest BCUT2D eigenvalue weighted by Crippen LogP contribution is 2.25. The number of carbonyl (C=O) groups is 2. The van der Waals surface area contributed by atoms with E-state index in [4.69, 9.17) is 5.21 Å². The molecule has 3 heterocycles. The van der Waals surface area contributed by atoms with Crippen molar-refractivity contribution in [1.29, 1.82) is 0 Å². The number of nitrogens with one attached hydrogen (secondary N) is 3. The molecule has 4 rings (SSSR count). The topological polar surface area (TPSA) is 125 Å². The summed E-state index contributed by atoms with van der Waals surface area (Å²) in [4.78, 5) is 28.9. The lowest BCUT2D eigenvalue weighted by Gasteiger charge is -2.04. The first-order chi connectivity index (χ1) is 15.6. The standard InChI is InChI=1S/C22H24N6O3S/c29-21(6-2-1-3-7-22(30)27-31)24-20-12-18(25-26-20)15-8-9-17-19(11-15)28(14-23-17)13-16-5-4-10-32-16/h4-5,8-12,14,31H,1-3,6-7,13H2,(H,27,30)(H2,24,25,26,29). The normalized spacial score (nSPS) is 11.0. The molecule has 0 atom stereocenters. The van der Waals surface area contributed by atoms with Crippen LogP contribution in [0.5, 0.6) is 0 Å². The lowest BCUT2D eigenvalue weighted by Crippen LogP contribution is -2.17. The van der Waals surface area contributed by atoms with Gasteiger partial charge in [-0.25, -0.2) is 10.5 Å². The summed E-state index contributed by atoms with van der Waals surface area (Å²) in [6.07, 6.45) is 4.45. The molecule has 0 aliphatic rings. The SMILES string of the molecule is O=C(CCCCCC(=O)Nc1cc(-c2ccc3ncn(Cc4cccs4)c3c2)[nH]n1)NO. The van der Waals surface area contributed by atoms with Gasteiger partial charge in [0, 0.05) is 29.3 Å². The summed E-state index contributed by atoms with van der Waals surface area (Å²) in [5.74, 6) is -0.0674. The minimum Gasteiger partial charge on any atom is -0.325 e. The van der Waals surface area contributed by atoms with Crippen molar-refractivity contribution in [3.05, 3.63) is 53.0 Å². The number of nitrogens with zero attached hydrogens (tertiary/aromatic N) is 3. The van der Waals surface area contributed by atoms with E-state index in [1.807, 2.05) is 30.6 Å². The number of benzene rings is 1. The third-order valence-electron chi connectivity index (χ3n) is 5.12. The molecule has 166 valence electrons. The van der Waals surface area contributed by atoms with Crippen molar-refractivity contribution in [2.45, 2.75) is 38.6 Å². The van der Waals surface area contributed by atoms with Gasteiger partial charge < -0.3 is 9.88 Å². The van der Waals surface area contributed by atoms with Crippen molar-refractivity contribution in [2.75, 3.05) is 5.32 Å². The smallest absolute Gasteiger partial charge is 0.243 e. The molecule has 4 aromatic rings. The number of aromatic nitrogens is 4. The Morgan fingerprint density at radius 1 is 1.09 bits per heavy atom. The summed E-state index contributed by atoms with van der Waals surface area (Å²) in [7, 11) is 0. The zero-order chi connectivity index (χ0) is 22.3. The molecule has 10 heteroatoms. The van der Waals surface area contributed by atoms with Crippen LogP contribution >= 0.6 is 11.3 Å². The Labute approximate surface area is 188 Å². The Kier molecular flexibility index (Phi) is 6.93. The van der Waals surface area contributed by atoms with Crippen LogP contribution in [0.2, 0.25) is 0 Å². The predicted octanol–water partition coefficient (Wildman–Crippen LogP) is 3.93. The molecule has 2 amide bonds. The number of H-pyrrole nitrogens is 1. The second kappa shape index (κ2) is 10.2. The van der Waals surface area contributed by atoms with Gasteiger partial charge in [-0.3, -0.25) is 19.9 Å². The molecule has 0 fully saturated rings. The molecule has 1 aromatic carbocycles. The first-order valence-electron chi connectivity index (χ1n) is 10.4. The van der Waals surface area contributed by atoms with Crippen molar-refractivity contribution < 1.29 is 14.8 Å². The number of unbranched alkanes of at least 4 members (excludes halogenated alkanes) is 2. The van der Waals surface area contributed by atoms with Crippen molar-refractivity contribution in [2.24, 2.45) is 0 Å². The molecule has 0 bridgehead atoms. The third-order valence-corrected chi connectivity index (χ3v) is 5.98. The van der Waals surface area contributed by atoms with Crippen LogP contribution in [0.15, 0.2) is 48.1 Å². The second-order valence-corrected chi connectivity index (χ2v) is 8.50. The van der Waals surface area contributed by atoms with Gasteiger partial charge in [-0.05, 0) is 36.4 Å². The summed E-state index contributed by atoms with van der Waals surface area (Å²) >= 11 is 1.72. The first-order valence-corrected chi connectivity index (χ1v) is 11.3. The van der Waals surface area contributed by atoms with Gasteiger partial charge in [0.2, 0.25) is 11.8 Å². The van der Waals surface area contributed by atoms with Gasteiger partial charge in [-0.15, -0.1) is 11.3 Å². The number of rotatable bonds is 10. The minimum absolute atomic E-state index is 0.126. The van der Waals surface area contributed by atoms with E-state index in [1.54, 1.807) is 16.8 Å². The first kappa shape index (κ1) is 21.7. The Morgan fingerprint density at radius 3 is 2.72 bits per heavy atom. The van der Waals surface area contributed by atoms with Gasteiger partial charge in [-0.1, -0.05) is 18.6 Å². The predicted molar refractivity (Wildman–Crippen MR) is 122 cm³/mol. The number of thiophene rings is 1. The molecule has 3 aromatic heterocycles. The lowest BCUT2D eigenvalue weighted by atomic mass is 10.1. The number of aromatic amines is 1.